The van der Waals surface area contributed by atoms with Crippen molar-refractivity contribution < 1.29 is 0 Å². The van der Waals surface area contributed by atoms with Crippen LogP contribution in [0.4, 0.5) is 0 Å². The first-order valence-electron chi connectivity index (χ1n) is 8.10. The van der Waals surface area contributed by atoms with E-state index < -0.39 is 0 Å². The minimum atomic E-state index is 0.550. The summed E-state index contributed by atoms with van der Waals surface area (Å²) in [6.07, 6.45) is 11.0. The van der Waals surface area contributed by atoms with E-state index in [9.17, 15) is 0 Å². The molecule has 0 radical (unpaired) electrons. The van der Waals surface area contributed by atoms with Crippen molar-refractivity contribution in [3.05, 3.63) is 21.4 Å². The van der Waals surface area contributed by atoms with E-state index in [0.717, 1.165) is 12.0 Å². The van der Waals surface area contributed by atoms with Gasteiger partial charge in [0.1, 0.15) is 0 Å². The van der Waals surface area contributed by atoms with Crippen LogP contribution in [0.5, 0.6) is 0 Å². The zero-order valence-electron chi connectivity index (χ0n) is 12.4. The Balaban J connectivity index is 1.60. The first-order chi connectivity index (χ1) is 9.22. The summed E-state index contributed by atoms with van der Waals surface area (Å²) in [5.41, 5.74) is 1.65. The fourth-order valence-electron chi connectivity index (χ4n) is 3.59. The van der Waals surface area contributed by atoms with Crippen LogP contribution in [0.3, 0.4) is 0 Å². The van der Waals surface area contributed by atoms with Gasteiger partial charge in [-0.3, -0.25) is 0 Å². The number of aryl methyl sites for hydroxylation is 2. The van der Waals surface area contributed by atoms with E-state index in [2.05, 4.69) is 36.6 Å². The predicted octanol–water partition coefficient (Wildman–Crippen LogP) is 4.86. The molecule has 1 N–H and O–H groups in total. The molecule has 0 aliphatic heterocycles. The topological polar surface area (TPSA) is 12.0 Å². The molecule has 0 aromatic carbocycles. The fourth-order valence-corrected chi connectivity index (χ4v) is 4.86. The van der Waals surface area contributed by atoms with E-state index in [-0.39, 0.29) is 0 Å². The van der Waals surface area contributed by atoms with Crippen LogP contribution in [0.1, 0.15) is 73.7 Å². The van der Waals surface area contributed by atoms with Gasteiger partial charge in [-0.2, -0.15) is 0 Å². The highest BCUT2D eigenvalue weighted by atomic mass is 32.1. The lowest BCUT2D eigenvalue weighted by Gasteiger charge is -2.29. The van der Waals surface area contributed by atoms with Gasteiger partial charge in [0.05, 0.1) is 0 Å². The second-order valence-electron chi connectivity index (χ2n) is 6.65. The quantitative estimate of drug-likeness (QED) is 0.832. The Bertz CT molecular complexity index is 391. The summed E-state index contributed by atoms with van der Waals surface area (Å²) in [5.74, 6) is 0.947. The van der Waals surface area contributed by atoms with Crippen molar-refractivity contribution in [3.8, 4) is 0 Å². The number of hydrogen-bond donors (Lipinski definition) is 1. The largest absolute Gasteiger partial charge is 0.307 e. The third-order valence-electron chi connectivity index (χ3n) is 4.94. The summed E-state index contributed by atoms with van der Waals surface area (Å²) < 4.78 is 0. The summed E-state index contributed by atoms with van der Waals surface area (Å²) in [5, 5.41) is 3.88. The summed E-state index contributed by atoms with van der Waals surface area (Å²) in [4.78, 5) is 3.25. The molecule has 1 nitrogen and oxygen atoms in total. The lowest BCUT2D eigenvalue weighted by molar-refractivity contribution is 0.292. The molecular formula is C17H27NS. The minimum Gasteiger partial charge on any atom is -0.307 e. The molecule has 2 aliphatic carbocycles. The van der Waals surface area contributed by atoms with Crippen LogP contribution < -0.4 is 5.32 Å². The Morgan fingerprint density at radius 2 is 1.89 bits per heavy atom. The van der Waals surface area contributed by atoms with Crippen molar-refractivity contribution in [1.29, 1.82) is 0 Å². The molecule has 1 aromatic rings. The maximum absolute atomic E-state index is 3.88. The SMILES string of the molecule is CC1CCC(NC(C)c2cc3c(s2)CCCC3)CC1. The maximum Gasteiger partial charge on any atom is 0.0388 e. The highest BCUT2D eigenvalue weighted by molar-refractivity contribution is 7.12. The molecule has 19 heavy (non-hydrogen) atoms. The average molecular weight is 277 g/mol. The molecule has 1 heterocycles. The number of nitrogens with one attached hydrogen (secondary N) is 1. The van der Waals surface area contributed by atoms with Crippen molar-refractivity contribution in [3.63, 3.8) is 0 Å². The minimum absolute atomic E-state index is 0.550. The molecule has 0 spiro atoms. The molecule has 1 unspecified atom stereocenters. The summed E-state index contributed by atoms with van der Waals surface area (Å²) in [6, 6.07) is 3.79. The first kappa shape index (κ1) is 13.6. The molecule has 2 heteroatoms. The normalized spacial score (nSPS) is 28.9. The molecule has 1 fully saturated rings. The maximum atomic E-state index is 3.88. The highest BCUT2D eigenvalue weighted by Crippen LogP contribution is 2.33. The van der Waals surface area contributed by atoms with Crippen molar-refractivity contribution in [1.82, 2.24) is 5.32 Å². The summed E-state index contributed by atoms with van der Waals surface area (Å²) in [7, 11) is 0. The van der Waals surface area contributed by atoms with Gasteiger partial charge in [-0.1, -0.05) is 6.92 Å². The summed E-state index contributed by atoms with van der Waals surface area (Å²) >= 11 is 2.07. The van der Waals surface area contributed by atoms with E-state index in [0.29, 0.717) is 6.04 Å². The Hall–Kier alpha value is -0.340. The van der Waals surface area contributed by atoms with Gasteiger partial charge >= 0.3 is 0 Å². The Labute approximate surface area is 121 Å². The summed E-state index contributed by atoms with van der Waals surface area (Å²) in [6.45, 7) is 4.75. The number of rotatable bonds is 3. The van der Waals surface area contributed by atoms with Crippen LogP contribution in [0.2, 0.25) is 0 Å². The molecule has 0 saturated heterocycles. The van der Waals surface area contributed by atoms with Crippen LogP contribution in [0.15, 0.2) is 6.07 Å². The van der Waals surface area contributed by atoms with Gasteiger partial charge in [0.2, 0.25) is 0 Å². The molecule has 1 atom stereocenters. The molecule has 106 valence electrons. The zero-order chi connectivity index (χ0) is 13.2. The molecule has 0 amide bonds. The van der Waals surface area contributed by atoms with Crippen LogP contribution in [-0.4, -0.2) is 6.04 Å². The Morgan fingerprint density at radius 3 is 2.63 bits per heavy atom. The van der Waals surface area contributed by atoms with Gasteiger partial charge in [-0.05, 0) is 75.8 Å². The van der Waals surface area contributed by atoms with Gasteiger partial charge in [0.15, 0.2) is 0 Å². The highest BCUT2D eigenvalue weighted by Gasteiger charge is 2.22. The van der Waals surface area contributed by atoms with Gasteiger partial charge in [-0.25, -0.2) is 0 Å². The van der Waals surface area contributed by atoms with E-state index in [1.165, 1.54) is 51.4 Å². The van der Waals surface area contributed by atoms with Gasteiger partial charge < -0.3 is 5.32 Å². The van der Waals surface area contributed by atoms with Crippen molar-refractivity contribution in [2.24, 2.45) is 5.92 Å². The Morgan fingerprint density at radius 1 is 1.16 bits per heavy atom. The van der Waals surface area contributed by atoms with Crippen molar-refractivity contribution >= 4 is 11.3 Å². The van der Waals surface area contributed by atoms with Crippen LogP contribution in [0, 0.1) is 5.92 Å². The monoisotopic (exact) mass is 277 g/mol. The smallest absolute Gasteiger partial charge is 0.0388 e. The van der Waals surface area contributed by atoms with Gasteiger partial charge in [-0.15, -0.1) is 11.3 Å². The molecule has 3 rings (SSSR count). The first-order valence-corrected chi connectivity index (χ1v) is 8.91. The molecule has 1 aromatic heterocycles. The molecular weight excluding hydrogens is 250 g/mol. The Kier molecular flexibility index (Phi) is 4.28. The van der Waals surface area contributed by atoms with Crippen molar-refractivity contribution in [2.45, 2.75) is 77.3 Å². The van der Waals surface area contributed by atoms with Crippen LogP contribution in [-0.2, 0) is 12.8 Å². The fraction of sp³-hybridized carbons (Fsp3) is 0.765. The van der Waals surface area contributed by atoms with E-state index in [4.69, 9.17) is 0 Å². The number of thiophene rings is 1. The average Bonchev–Trinajstić information content (AvgIpc) is 2.85. The standard InChI is InChI=1S/C17H27NS/c1-12-7-9-15(10-8-12)18-13(2)17-11-14-5-3-4-6-16(14)19-17/h11-13,15,18H,3-10H2,1-2H3. The van der Waals surface area contributed by atoms with E-state index >= 15 is 0 Å². The van der Waals surface area contributed by atoms with E-state index in [1.54, 1.807) is 15.3 Å². The second-order valence-corrected chi connectivity index (χ2v) is 7.82. The predicted molar refractivity (Wildman–Crippen MR) is 83.9 cm³/mol. The lowest BCUT2D eigenvalue weighted by Crippen LogP contribution is -2.34. The number of fused-ring (bicyclic) bond motifs is 1. The molecule has 2 aliphatic rings. The van der Waals surface area contributed by atoms with Crippen LogP contribution >= 0.6 is 11.3 Å². The second kappa shape index (κ2) is 5.97. The molecule has 1 saturated carbocycles. The van der Waals surface area contributed by atoms with E-state index in [1.807, 2.05) is 0 Å². The van der Waals surface area contributed by atoms with Gasteiger partial charge in [0.25, 0.3) is 0 Å². The van der Waals surface area contributed by atoms with Gasteiger partial charge in [0, 0.05) is 21.8 Å². The van der Waals surface area contributed by atoms with Crippen molar-refractivity contribution in [2.75, 3.05) is 0 Å². The zero-order valence-corrected chi connectivity index (χ0v) is 13.2. The molecule has 0 bridgehead atoms. The van der Waals surface area contributed by atoms with Crippen LogP contribution in [0.25, 0.3) is 0 Å². The third kappa shape index (κ3) is 3.22. The lowest BCUT2D eigenvalue weighted by atomic mass is 9.87. The number of hydrogen-bond acceptors (Lipinski definition) is 2. The third-order valence-corrected chi connectivity index (χ3v) is 6.36.